The van der Waals surface area contributed by atoms with Crippen LogP contribution >= 0.6 is 0 Å². The molecule has 28 heavy (non-hydrogen) atoms. The van der Waals surface area contributed by atoms with Crippen molar-refractivity contribution in [3.8, 4) is 0 Å². The molecular formula is C22H34N4O2. The first-order chi connectivity index (χ1) is 13.7. The third-order valence-corrected chi connectivity index (χ3v) is 5.66. The van der Waals surface area contributed by atoms with Crippen LogP contribution in [0.1, 0.15) is 44.6 Å². The Bertz CT molecular complexity index is 635. The van der Waals surface area contributed by atoms with E-state index in [0.29, 0.717) is 12.5 Å². The quantitative estimate of drug-likeness (QED) is 0.603. The molecule has 0 radical (unpaired) electrons. The van der Waals surface area contributed by atoms with Crippen molar-refractivity contribution in [1.82, 2.24) is 15.1 Å². The van der Waals surface area contributed by atoms with Crippen molar-refractivity contribution >= 4 is 11.9 Å². The molecule has 0 saturated carbocycles. The van der Waals surface area contributed by atoms with E-state index in [1.54, 1.807) is 0 Å². The summed E-state index contributed by atoms with van der Waals surface area (Å²) in [5.41, 5.74) is 1.34. The molecule has 1 amide bonds. The largest absolute Gasteiger partial charge is 0.368 e. The number of guanidine groups is 1. The van der Waals surface area contributed by atoms with Crippen molar-refractivity contribution in [1.29, 1.82) is 0 Å². The predicted octanol–water partition coefficient (Wildman–Crippen LogP) is 2.47. The van der Waals surface area contributed by atoms with Crippen LogP contribution < -0.4 is 5.32 Å². The number of nitrogens with zero attached hydrogens (tertiary/aromatic N) is 3. The first-order valence-electron chi connectivity index (χ1n) is 10.7. The van der Waals surface area contributed by atoms with Crippen LogP contribution in [0.15, 0.2) is 35.3 Å². The topological polar surface area (TPSA) is 57.2 Å². The Morgan fingerprint density at radius 2 is 1.89 bits per heavy atom. The lowest BCUT2D eigenvalue weighted by atomic mass is 9.97. The summed E-state index contributed by atoms with van der Waals surface area (Å²) in [5, 5.41) is 3.43. The van der Waals surface area contributed by atoms with Crippen molar-refractivity contribution < 1.29 is 9.53 Å². The molecule has 0 aliphatic carbocycles. The highest BCUT2D eigenvalue weighted by Gasteiger charge is 2.30. The summed E-state index contributed by atoms with van der Waals surface area (Å²) in [6.07, 6.45) is 2.70. The number of rotatable bonds is 6. The van der Waals surface area contributed by atoms with Gasteiger partial charge in [-0.25, -0.2) is 0 Å². The second kappa shape index (κ2) is 10.5. The fourth-order valence-electron chi connectivity index (χ4n) is 3.93. The number of amides is 1. The van der Waals surface area contributed by atoms with E-state index in [0.717, 1.165) is 64.5 Å². The van der Waals surface area contributed by atoms with E-state index in [-0.39, 0.29) is 12.0 Å². The fourth-order valence-corrected chi connectivity index (χ4v) is 3.93. The number of ether oxygens (including phenoxy) is 1. The summed E-state index contributed by atoms with van der Waals surface area (Å²) >= 11 is 0. The maximum absolute atomic E-state index is 12.5. The molecule has 2 aliphatic heterocycles. The Morgan fingerprint density at radius 3 is 2.50 bits per heavy atom. The molecule has 2 fully saturated rings. The average Bonchev–Trinajstić information content (AvgIpc) is 3.29. The Hall–Kier alpha value is -2.08. The molecular weight excluding hydrogens is 352 g/mol. The second-order valence-electron chi connectivity index (χ2n) is 7.52. The summed E-state index contributed by atoms with van der Waals surface area (Å²) in [6, 6.07) is 10.6. The van der Waals surface area contributed by atoms with Crippen molar-refractivity contribution in [3.63, 3.8) is 0 Å². The van der Waals surface area contributed by atoms with Gasteiger partial charge in [-0.05, 0) is 31.7 Å². The van der Waals surface area contributed by atoms with Crippen LogP contribution in [-0.2, 0) is 9.53 Å². The van der Waals surface area contributed by atoms with Gasteiger partial charge in [-0.3, -0.25) is 9.79 Å². The van der Waals surface area contributed by atoms with E-state index in [2.05, 4.69) is 54.4 Å². The van der Waals surface area contributed by atoms with Crippen LogP contribution in [0, 0.1) is 0 Å². The molecule has 2 saturated heterocycles. The van der Waals surface area contributed by atoms with E-state index in [1.165, 1.54) is 5.56 Å². The van der Waals surface area contributed by atoms with Gasteiger partial charge in [0.25, 0.3) is 5.91 Å². The minimum absolute atomic E-state index is 0.161. The number of hydrogen-bond donors (Lipinski definition) is 1. The van der Waals surface area contributed by atoms with E-state index >= 15 is 0 Å². The van der Waals surface area contributed by atoms with E-state index in [9.17, 15) is 4.79 Å². The van der Waals surface area contributed by atoms with E-state index in [1.807, 2.05) is 4.90 Å². The lowest BCUT2D eigenvalue weighted by molar-refractivity contribution is -0.142. The molecule has 2 heterocycles. The predicted molar refractivity (Wildman–Crippen MR) is 113 cm³/mol. The van der Waals surface area contributed by atoms with Crippen LogP contribution in [0.2, 0.25) is 0 Å². The van der Waals surface area contributed by atoms with Crippen LogP contribution in [-0.4, -0.2) is 73.6 Å². The monoisotopic (exact) mass is 386 g/mol. The molecule has 154 valence electrons. The molecule has 2 aliphatic rings. The van der Waals surface area contributed by atoms with Gasteiger partial charge in [0.1, 0.15) is 6.10 Å². The summed E-state index contributed by atoms with van der Waals surface area (Å²) in [7, 11) is 0. The van der Waals surface area contributed by atoms with Gasteiger partial charge in [0.2, 0.25) is 0 Å². The number of benzene rings is 1. The Balaban J connectivity index is 1.58. The lowest BCUT2D eigenvalue weighted by Gasteiger charge is -2.37. The normalized spacial score (nSPS) is 21.6. The van der Waals surface area contributed by atoms with Crippen molar-refractivity contribution in [3.05, 3.63) is 35.9 Å². The molecule has 2 atom stereocenters. The molecule has 1 aromatic carbocycles. The van der Waals surface area contributed by atoms with E-state index < -0.39 is 0 Å². The number of carbonyl (C=O) groups excluding carboxylic acids is 1. The van der Waals surface area contributed by atoms with Crippen LogP contribution in [0.5, 0.6) is 0 Å². The van der Waals surface area contributed by atoms with Gasteiger partial charge in [0.15, 0.2) is 5.96 Å². The zero-order chi connectivity index (χ0) is 19.8. The number of piperazine rings is 1. The molecule has 2 unspecified atom stereocenters. The van der Waals surface area contributed by atoms with Gasteiger partial charge in [0, 0.05) is 51.8 Å². The molecule has 0 bridgehead atoms. The highest BCUT2D eigenvalue weighted by Crippen LogP contribution is 2.20. The van der Waals surface area contributed by atoms with Gasteiger partial charge in [-0.1, -0.05) is 37.3 Å². The highest BCUT2D eigenvalue weighted by molar-refractivity contribution is 5.82. The molecule has 6 heteroatoms. The molecule has 0 aromatic heterocycles. The highest BCUT2D eigenvalue weighted by atomic mass is 16.5. The maximum Gasteiger partial charge on any atom is 0.251 e. The van der Waals surface area contributed by atoms with E-state index in [4.69, 9.17) is 9.73 Å². The second-order valence-corrected chi connectivity index (χ2v) is 7.52. The molecule has 1 aromatic rings. The van der Waals surface area contributed by atoms with Crippen molar-refractivity contribution in [2.24, 2.45) is 4.99 Å². The number of hydrogen-bond acceptors (Lipinski definition) is 3. The maximum atomic E-state index is 12.5. The van der Waals surface area contributed by atoms with Crippen molar-refractivity contribution in [2.45, 2.75) is 45.1 Å². The van der Waals surface area contributed by atoms with Gasteiger partial charge in [-0.2, -0.15) is 0 Å². The van der Waals surface area contributed by atoms with Gasteiger partial charge in [0.05, 0.1) is 0 Å². The van der Waals surface area contributed by atoms with Gasteiger partial charge >= 0.3 is 0 Å². The summed E-state index contributed by atoms with van der Waals surface area (Å²) in [5.74, 6) is 1.55. The Kier molecular flexibility index (Phi) is 7.71. The molecule has 1 N–H and O–H groups in total. The summed E-state index contributed by atoms with van der Waals surface area (Å²) in [4.78, 5) is 21.7. The third-order valence-electron chi connectivity index (χ3n) is 5.66. The third kappa shape index (κ3) is 5.25. The van der Waals surface area contributed by atoms with Gasteiger partial charge in [-0.15, -0.1) is 0 Å². The number of carbonyl (C=O) groups is 1. The fraction of sp³-hybridized carbons (Fsp3) is 0.636. The minimum Gasteiger partial charge on any atom is -0.368 e. The molecule has 3 rings (SSSR count). The minimum atomic E-state index is -0.218. The van der Waals surface area contributed by atoms with Crippen LogP contribution in [0.25, 0.3) is 0 Å². The standard InChI is InChI=1S/C22H34N4O2/c1-3-18(19-9-6-5-7-10-19)17-24-22(23-4-2)26-14-12-25(13-15-26)21(27)20-11-8-16-28-20/h5-7,9-10,18,20H,3-4,8,11-17H2,1-2H3,(H,23,24). The Labute approximate surface area is 168 Å². The number of nitrogens with one attached hydrogen (secondary N) is 1. The van der Waals surface area contributed by atoms with Crippen molar-refractivity contribution in [2.75, 3.05) is 45.9 Å². The zero-order valence-corrected chi connectivity index (χ0v) is 17.3. The number of aliphatic imine (C=N–C) groups is 1. The van der Waals surface area contributed by atoms with Crippen LogP contribution in [0.3, 0.4) is 0 Å². The lowest BCUT2D eigenvalue weighted by Crippen LogP contribution is -2.55. The summed E-state index contributed by atoms with van der Waals surface area (Å²) in [6.45, 7) is 9.75. The SMILES string of the molecule is CCNC(=NCC(CC)c1ccccc1)N1CCN(C(=O)C2CCCO2)CC1. The van der Waals surface area contributed by atoms with Gasteiger partial charge < -0.3 is 19.9 Å². The molecule has 0 spiro atoms. The average molecular weight is 387 g/mol. The first kappa shape index (κ1) is 20.6. The zero-order valence-electron chi connectivity index (χ0n) is 17.3. The summed E-state index contributed by atoms with van der Waals surface area (Å²) < 4.78 is 5.56. The first-order valence-corrected chi connectivity index (χ1v) is 10.7. The van der Waals surface area contributed by atoms with Crippen LogP contribution in [0.4, 0.5) is 0 Å². The smallest absolute Gasteiger partial charge is 0.251 e. The molecule has 6 nitrogen and oxygen atoms in total. The Morgan fingerprint density at radius 1 is 1.18 bits per heavy atom.